The first-order valence-electron chi connectivity index (χ1n) is 9.31. The number of aliphatic hydroxyl groups is 1. The molecule has 1 unspecified atom stereocenters. The van der Waals surface area contributed by atoms with Gasteiger partial charge in [0.25, 0.3) is 11.5 Å². The number of rotatable bonds is 7. The average molecular weight is 458 g/mol. The van der Waals surface area contributed by atoms with Crippen LogP contribution in [0.3, 0.4) is 0 Å². The fourth-order valence-electron chi connectivity index (χ4n) is 3.09. The van der Waals surface area contributed by atoms with Crippen molar-refractivity contribution in [1.29, 1.82) is 0 Å². The van der Waals surface area contributed by atoms with Crippen molar-refractivity contribution in [2.45, 2.75) is 38.2 Å². The Morgan fingerprint density at radius 3 is 2.73 bits per heavy atom. The maximum atomic E-state index is 12.1. The number of H-pyrrole nitrogens is 1. The van der Waals surface area contributed by atoms with Gasteiger partial charge in [0.1, 0.15) is 12.3 Å². The minimum absolute atomic E-state index is 0.00878. The van der Waals surface area contributed by atoms with Gasteiger partial charge in [-0.05, 0) is 18.6 Å². The summed E-state index contributed by atoms with van der Waals surface area (Å²) in [4.78, 5) is 38.1. The Labute approximate surface area is 181 Å². The van der Waals surface area contributed by atoms with E-state index in [1.165, 1.54) is 10.8 Å². The monoisotopic (exact) mass is 457 g/mol. The number of aromatic nitrogens is 2. The minimum atomic E-state index is -0.905. The summed E-state index contributed by atoms with van der Waals surface area (Å²) < 4.78 is 12.3. The first-order valence-corrected chi connectivity index (χ1v) is 10.1. The molecule has 1 aliphatic heterocycles. The topological polar surface area (TPSA) is 123 Å². The van der Waals surface area contributed by atoms with Crippen LogP contribution in [0.4, 0.5) is 0 Å². The third kappa shape index (κ3) is 5.04. The van der Waals surface area contributed by atoms with E-state index in [9.17, 15) is 19.5 Å². The van der Waals surface area contributed by atoms with Gasteiger partial charge in [0.2, 0.25) is 0 Å². The van der Waals surface area contributed by atoms with E-state index in [2.05, 4.69) is 10.3 Å². The number of para-hydroxylation sites is 1. The summed E-state index contributed by atoms with van der Waals surface area (Å²) in [5.41, 5.74) is -0.635. The van der Waals surface area contributed by atoms with Gasteiger partial charge in [-0.3, -0.25) is 19.1 Å². The fraction of sp³-hybridized carbons (Fsp3) is 0.421. The van der Waals surface area contributed by atoms with Crippen LogP contribution in [0.25, 0.3) is 0 Å². The Kier molecular flexibility index (Phi) is 7.19. The Hall–Kier alpha value is -2.33. The van der Waals surface area contributed by atoms with E-state index in [4.69, 9.17) is 32.7 Å². The van der Waals surface area contributed by atoms with E-state index in [1.54, 1.807) is 25.1 Å². The molecule has 0 radical (unpaired) electrons. The number of nitrogens with zero attached hydrogens (tertiary/aromatic N) is 1. The number of aliphatic hydroxyl groups excluding tert-OH is 1. The number of aryl methyl sites for hydroxylation is 1. The Balaban J connectivity index is 1.56. The smallest absolute Gasteiger partial charge is 0.330 e. The van der Waals surface area contributed by atoms with Crippen molar-refractivity contribution in [3.05, 3.63) is 60.8 Å². The van der Waals surface area contributed by atoms with Gasteiger partial charge < -0.3 is 19.9 Å². The number of aromatic amines is 1. The summed E-state index contributed by atoms with van der Waals surface area (Å²) in [6.45, 7) is 1.48. The number of hydrogen-bond acceptors (Lipinski definition) is 6. The van der Waals surface area contributed by atoms with Crippen molar-refractivity contribution >= 4 is 29.1 Å². The molecule has 1 amide bonds. The van der Waals surface area contributed by atoms with Crippen LogP contribution < -0.4 is 21.3 Å². The molecule has 2 aromatic rings. The number of amides is 1. The van der Waals surface area contributed by atoms with Gasteiger partial charge in [0, 0.05) is 24.7 Å². The van der Waals surface area contributed by atoms with Gasteiger partial charge in [-0.2, -0.15) is 0 Å². The fourth-order valence-corrected chi connectivity index (χ4v) is 3.59. The van der Waals surface area contributed by atoms with Gasteiger partial charge in [-0.1, -0.05) is 36.2 Å². The number of ether oxygens (including phenoxy) is 2. The molecular weight excluding hydrogens is 437 g/mol. The number of benzene rings is 1. The summed E-state index contributed by atoms with van der Waals surface area (Å²) in [5, 5.41) is 13.4. The van der Waals surface area contributed by atoms with E-state index in [-0.39, 0.29) is 35.4 Å². The largest absolute Gasteiger partial charge is 0.481 e. The van der Waals surface area contributed by atoms with Gasteiger partial charge in [-0.25, -0.2) is 4.79 Å². The Morgan fingerprint density at radius 2 is 2.07 bits per heavy atom. The highest BCUT2D eigenvalue weighted by Crippen LogP contribution is 2.32. The van der Waals surface area contributed by atoms with Crippen molar-refractivity contribution < 1.29 is 19.4 Å². The van der Waals surface area contributed by atoms with E-state index in [0.29, 0.717) is 12.0 Å². The second-order valence-corrected chi connectivity index (χ2v) is 7.56. The third-order valence-electron chi connectivity index (χ3n) is 4.70. The minimum Gasteiger partial charge on any atom is -0.481 e. The summed E-state index contributed by atoms with van der Waals surface area (Å²) in [6.07, 6.45) is -0.373. The summed E-state index contributed by atoms with van der Waals surface area (Å²) in [7, 11) is 0. The highest BCUT2D eigenvalue weighted by atomic mass is 35.5. The van der Waals surface area contributed by atoms with Crippen LogP contribution in [0.5, 0.6) is 5.75 Å². The summed E-state index contributed by atoms with van der Waals surface area (Å²) >= 11 is 12.0. The molecule has 0 aliphatic carbocycles. The van der Waals surface area contributed by atoms with Crippen molar-refractivity contribution in [3.8, 4) is 5.75 Å². The maximum Gasteiger partial charge on any atom is 0.330 e. The lowest BCUT2D eigenvalue weighted by atomic mass is 10.2. The summed E-state index contributed by atoms with van der Waals surface area (Å²) in [6, 6.07) is 4.84. The van der Waals surface area contributed by atoms with Crippen LogP contribution in [0.2, 0.25) is 10.0 Å². The predicted octanol–water partition coefficient (Wildman–Crippen LogP) is 1.25. The van der Waals surface area contributed by atoms with Gasteiger partial charge in [0.15, 0.2) is 12.4 Å². The van der Waals surface area contributed by atoms with Crippen LogP contribution in [0.15, 0.2) is 34.0 Å². The molecule has 1 aliphatic rings. The van der Waals surface area contributed by atoms with Crippen LogP contribution in [-0.4, -0.2) is 45.9 Å². The summed E-state index contributed by atoms with van der Waals surface area (Å²) in [5.74, 6) is -0.253. The molecule has 3 atom stereocenters. The van der Waals surface area contributed by atoms with Crippen molar-refractivity contribution in [1.82, 2.24) is 14.9 Å². The number of carbonyl (C=O) groups is 1. The van der Waals surface area contributed by atoms with Crippen LogP contribution in [0.1, 0.15) is 25.1 Å². The lowest BCUT2D eigenvalue weighted by Crippen LogP contribution is -2.39. The van der Waals surface area contributed by atoms with Gasteiger partial charge >= 0.3 is 5.69 Å². The molecule has 1 aromatic heterocycles. The van der Waals surface area contributed by atoms with Crippen LogP contribution >= 0.6 is 23.2 Å². The van der Waals surface area contributed by atoms with E-state index >= 15 is 0 Å². The van der Waals surface area contributed by atoms with E-state index in [0.717, 1.165) is 0 Å². The normalized spacial score (nSPS) is 20.9. The van der Waals surface area contributed by atoms with Gasteiger partial charge in [-0.15, -0.1) is 0 Å². The highest BCUT2D eigenvalue weighted by molar-refractivity contribution is 6.37. The lowest BCUT2D eigenvalue weighted by molar-refractivity contribution is -0.124. The average Bonchev–Trinajstić information content (AvgIpc) is 3.06. The first-order chi connectivity index (χ1) is 14.3. The number of hydrogen-bond donors (Lipinski definition) is 3. The van der Waals surface area contributed by atoms with Crippen LogP contribution in [0, 0.1) is 0 Å². The van der Waals surface area contributed by atoms with Gasteiger partial charge in [0.05, 0.1) is 16.1 Å². The molecule has 0 saturated carbocycles. The molecule has 30 heavy (non-hydrogen) atoms. The molecule has 3 rings (SSSR count). The Bertz CT molecular complexity index is 1020. The highest BCUT2D eigenvalue weighted by Gasteiger charge is 2.35. The van der Waals surface area contributed by atoms with Crippen molar-refractivity contribution in [2.24, 2.45) is 0 Å². The van der Waals surface area contributed by atoms with Crippen molar-refractivity contribution in [3.63, 3.8) is 0 Å². The number of nitrogens with one attached hydrogen (secondary N) is 2. The quantitative estimate of drug-likeness (QED) is 0.574. The molecule has 0 spiro atoms. The molecule has 9 nitrogen and oxygen atoms in total. The second-order valence-electron chi connectivity index (χ2n) is 6.75. The number of carbonyl (C=O) groups excluding carboxylic acids is 1. The number of halogens is 2. The Morgan fingerprint density at radius 1 is 1.37 bits per heavy atom. The maximum absolute atomic E-state index is 12.1. The zero-order valence-electron chi connectivity index (χ0n) is 16.1. The molecule has 1 aromatic carbocycles. The zero-order valence-corrected chi connectivity index (χ0v) is 17.6. The molecule has 0 bridgehead atoms. The first kappa shape index (κ1) is 22.4. The van der Waals surface area contributed by atoms with Crippen LogP contribution in [-0.2, 0) is 16.0 Å². The third-order valence-corrected chi connectivity index (χ3v) is 5.30. The molecule has 2 heterocycles. The predicted molar refractivity (Wildman–Crippen MR) is 110 cm³/mol. The second kappa shape index (κ2) is 9.65. The van der Waals surface area contributed by atoms with E-state index < -0.39 is 35.6 Å². The zero-order chi connectivity index (χ0) is 21.8. The standard InChI is InChI=1S/C19H21Cl2N3O6/c1-2-10-8-24(19(28)23-18(10)27)16-6-13(25)14(30-16)7-22-15(26)9-29-17-11(20)4-3-5-12(17)21/h3-5,8,13-14,16,25H,2,6-7,9H2,1H3,(H,22,26)(H,23,27,28)/t13?,14-,16-/m0/s1. The SMILES string of the molecule is CCc1cn([C@@H]2CC(O)[C@H](CNC(=O)COc3c(Cl)cccc3Cl)O2)c(=O)[nH]c1=O. The lowest BCUT2D eigenvalue weighted by Gasteiger charge is -2.17. The molecule has 11 heteroatoms. The molecule has 162 valence electrons. The van der Waals surface area contributed by atoms with E-state index in [1.807, 2.05) is 0 Å². The van der Waals surface area contributed by atoms with Crippen molar-refractivity contribution in [2.75, 3.05) is 13.2 Å². The molecule has 3 N–H and O–H groups in total. The molecular formula is C19H21Cl2N3O6. The molecule has 1 saturated heterocycles. The molecule has 1 fully saturated rings.